The van der Waals surface area contributed by atoms with Gasteiger partial charge < -0.3 is 5.11 Å². The molecule has 0 fully saturated rings. The molecule has 0 bridgehead atoms. The van der Waals surface area contributed by atoms with Gasteiger partial charge in [0.25, 0.3) is 0 Å². The lowest BCUT2D eigenvalue weighted by atomic mass is 9.96. The van der Waals surface area contributed by atoms with Crippen molar-refractivity contribution in [1.82, 2.24) is 0 Å². The maximum atomic E-state index is 9.31. The largest absolute Gasteiger partial charge is 0.508 e. The average Bonchev–Trinajstić information content (AvgIpc) is 2.48. The highest BCUT2D eigenvalue weighted by atomic mass is 16.3. The molecule has 0 aliphatic rings. The molecule has 1 N–H and O–H groups in total. The Labute approximate surface area is 118 Å². The number of benzene rings is 2. The first kappa shape index (κ1) is 13.6. The van der Waals surface area contributed by atoms with Crippen molar-refractivity contribution in [2.45, 2.75) is 19.3 Å². The maximum Gasteiger partial charge on any atom is 0.115 e. The fourth-order valence-electron chi connectivity index (χ4n) is 2.10. The van der Waals surface area contributed by atoms with Crippen molar-refractivity contribution in [3.8, 4) is 29.0 Å². The van der Waals surface area contributed by atoms with E-state index in [2.05, 4.69) is 12.1 Å². The molecule has 98 valence electrons. The number of phenolic OH excluding ortho intramolecular Hbond substituents is 1. The topological polar surface area (TPSA) is 67.8 Å². The molecule has 0 radical (unpaired) electrons. The van der Waals surface area contributed by atoms with Crippen LogP contribution in [0.3, 0.4) is 0 Å². The third kappa shape index (κ3) is 3.16. The summed E-state index contributed by atoms with van der Waals surface area (Å²) in [5.74, 6) is 0.233. The lowest BCUT2D eigenvalue weighted by molar-refractivity contribution is 0.475. The highest BCUT2D eigenvalue weighted by Crippen LogP contribution is 2.25. The van der Waals surface area contributed by atoms with Crippen molar-refractivity contribution in [2.24, 2.45) is 0 Å². The molecule has 0 aliphatic carbocycles. The number of nitrogens with zero attached hydrogens (tertiary/aromatic N) is 2. The lowest BCUT2D eigenvalue weighted by Crippen LogP contribution is -1.92. The van der Waals surface area contributed by atoms with Gasteiger partial charge in [-0.05, 0) is 53.8 Å². The molecular formula is C17H14N2O. The fraction of sp³-hybridized carbons (Fsp3) is 0.176. The summed E-state index contributed by atoms with van der Waals surface area (Å²) in [6.45, 7) is 0. The minimum atomic E-state index is 0.233. The Balaban J connectivity index is 2.32. The van der Waals surface area contributed by atoms with E-state index in [1.807, 2.05) is 30.3 Å². The van der Waals surface area contributed by atoms with Crippen molar-refractivity contribution >= 4 is 0 Å². The van der Waals surface area contributed by atoms with Gasteiger partial charge in [0.05, 0.1) is 17.7 Å². The summed E-state index contributed by atoms with van der Waals surface area (Å²) in [6.07, 6.45) is 1.97. The van der Waals surface area contributed by atoms with Crippen LogP contribution in [0.25, 0.3) is 11.1 Å². The van der Waals surface area contributed by atoms with E-state index < -0.39 is 0 Å². The molecule has 0 unspecified atom stereocenters. The number of phenols is 1. The Kier molecular flexibility index (Phi) is 4.37. The van der Waals surface area contributed by atoms with Crippen molar-refractivity contribution in [1.29, 1.82) is 10.5 Å². The van der Waals surface area contributed by atoms with Crippen molar-refractivity contribution in [3.05, 3.63) is 53.6 Å². The highest BCUT2D eigenvalue weighted by Gasteiger charge is 2.05. The summed E-state index contributed by atoms with van der Waals surface area (Å²) >= 11 is 0. The van der Waals surface area contributed by atoms with Gasteiger partial charge in [0.2, 0.25) is 0 Å². The molecule has 3 heteroatoms. The average molecular weight is 262 g/mol. The standard InChI is InChI=1S/C17H14N2O/c18-10-2-1-3-14-11-15(4-5-16(14)12-19)13-6-8-17(20)9-7-13/h4-9,11,20H,1-3H2. The van der Waals surface area contributed by atoms with Crippen LogP contribution in [0.5, 0.6) is 5.75 Å². The van der Waals surface area contributed by atoms with E-state index in [0.717, 1.165) is 29.5 Å². The molecule has 0 saturated heterocycles. The number of aryl methyl sites for hydroxylation is 1. The molecule has 0 spiro atoms. The fourth-order valence-corrected chi connectivity index (χ4v) is 2.10. The van der Waals surface area contributed by atoms with E-state index in [9.17, 15) is 5.11 Å². The third-order valence-electron chi connectivity index (χ3n) is 3.16. The van der Waals surface area contributed by atoms with Crippen molar-refractivity contribution in [2.75, 3.05) is 0 Å². The summed E-state index contributed by atoms with van der Waals surface area (Å²) in [5.41, 5.74) is 3.63. The molecular weight excluding hydrogens is 248 g/mol. The number of unbranched alkanes of at least 4 members (excludes halogenated alkanes) is 1. The Morgan fingerprint density at radius 2 is 1.65 bits per heavy atom. The zero-order valence-corrected chi connectivity index (χ0v) is 11.0. The van der Waals surface area contributed by atoms with E-state index in [1.54, 1.807) is 12.1 Å². The molecule has 20 heavy (non-hydrogen) atoms. The number of hydrogen-bond donors (Lipinski definition) is 1. The summed E-state index contributed by atoms with van der Waals surface area (Å²) in [6, 6.07) is 17.0. The second-order valence-electron chi connectivity index (χ2n) is 4.54. The van der Waals surface area contributed by atoms with Crippen LogP contribution in [-0.4, -0.2) is 5.11 Å². The van der Waals surface area contributed by atoms with Gasteiger partial charge in [-0.1, -0.05) is 18.2 Å². The molecule has 3 nitrogen and oxygen atoms in total. The summed E-state index contributed by atoms with van der Waals surface area (Å²) in [5, 5.41) is 27.0. The van der Waals surface area contributed by atoms with Gasteiger partial charge in [-0.3, -0.25) is 0 Å². The number of rotatable bonds is 4. The Bertz CT molecular complexity index is 676. The van der Waals surface area contributed by atoms with Crippen molar-refractivity contribution < 1.29 is 5.11 Å². The van der Waals surface area contributed by atoms with Gasteiger partial charge in [0, 0.05) is 6.42 Å². The quantitative estimate of drug-likeness (QED) is 0.852. The van der Waals surface area contributed by atoms with Gasteiger partial charge in [0.1, 0.15) is 5.75 Å². The first-order valence-electron chi connectivity index (χ1n) is 6.44. The molecule has 2 aromatic carbocycles. The molecule has 0 heterocycles. The summed E-state index contributed by atoms with van der Waals surface area (Å²) in [7, 11) is 0. The monoisotopic (exact) mass is 262 g/mol. The van der Waals surface area contributed by atoms with Crippen LogP contribution in [0, 0.1) is 22.7 Å². The van der Waals surface area contributed by atoms with Crippen molar-refractivity contribution in [3.63, 3.8) is 0 Å². The first-order chi connectivity index (χ1) is 9.74. The van der Waals surface area contributed by atoms with E-state index in [0.29, 0.717) is 12.0 Å². The van der Waals surface area contributed by atoms with E-state index in [1.165, 1.54) is 0 Å². The Morgan fingerprint density at radius 1 is 0.950 bits per heavy atom. The van der Waals surface area contributed by atoms with Crippen LogP contribution in [0.2, 0.25) is 0 Å². The van der Waals surface area contributed by atoms with Gasteiger partial charge in [0.15, 0.2) is 0 Å². The van der Waals surface area contributed by atoms with E-state index in [4.69, 9.17) is 10.5 Å². The molecule has 0 aliphatic heterocycles. The zero-order chi connectivity index (χ0) is 14.4. The van der Waals surface area contributed by atoms with Gasteiger partial charge in [-0.25, -0.2) is 0 Å². The molecule has 0 amide bonds. The van der Waals surface area contributed by atoms with Crippen LogP contribution in [0.4, 0.5) is 0 Å². The summed E-state index contributed by atoms with van der Waals surface area (Å²) in [4.78, 5) is 0. The molecule has 0 atom stereocenters. The van der Waals surface area contributed by atoms with E-state index >= 15 is 0 Å². The SMILES string of the molecule is N#CCCCc1cc(-c2ccc(O)cc2)ccc1C#N. The molecule has 0 saturated carbocycles. The Morgan fingerprint density at radius 3 is 2.30 bits per heavy atom. The molecule has 2 aromatic rings. The number of aromatic hydroxyl groups is 1. The maximum absolute atomic E-state index is 9.31. The van der Waals surface area contributed by atoms with E-state index in [-0.39, 0.29) is 5.75 Å². The van der Waals surface area contributed by atoms with Crippen LogP contribution >= 0.6 is 0 Å². The minimum absolute atomic E-state index is 0.233. The van der Waals surface area contributed by atoms with Gasteiger partial charge in [-0.2, -0.15) is 10.5 Å². The van der Waals surface area contributed by atoms with Crippen LogP contribution < -0.4 is 0 Å². The molecule has 2 rings (SSSR count). The Hall–Kier alpha value is -2.78. The smallest absolute Gasteiger partial charge is 0.115 e. The summed E-state index contributed by atoms with van der Waals surface area (Å²) < 4.78 is 0. The third-order valence-corrected chi connectivity index (χ3v) is 3.16. The second-order valence-corrected chi connectivity index (χ2v) is 4.54. The predicted octanol–water partition coefficient (Wildman–Crippen LogP) is 3.78. The molecule has 0 aromatic heterocycles. The first-order valence-corrected chi connectivity index (χ1v) is 6.44. The second kappa shape index (κ2) is 6.41. The van der Waals surface area contributed by atoms with Gasteiger partial charge in [-0.15, -0.1) is 0 Å². The number of nitriles is 2. The minimum Gasteiger partial charge on any atom is -0.508 e. The lowest BCUT2D eigenvalue weighted by Gasteiger charge is -2.07. The van der Waals surface area contributed by atoms with Crippen LogP contribution in [-0.2, 0) is 6.42 Å². The number of hydrogen-bond acceptors (Lipinski definition) is 3. The van der Waals surface area contributed by atoms with Crippen LogP contribution in [0.15, 0.2) is 42.5 Å². The zero-order valence-electron chi connectivity index (χ0n) is 11.0. The highest BCUT2D eigenvalue weighted by molar-refractivity contribution is 5.66. The normalized spacial score (nSPS) is 9.70. The predicted molar refractivity (Wildman–Crippen MR) is 76.8 cm³/mol. The van der Waals surface area contributed by atoms with Gasteiger partial charge >= 0.3 is 0 Å². The van der Waals surface area contributed by atoms with Crippen LogP contribution in [0.1, 0.15) is 24.0 Å².